The highest BCUT2D eigenvalue weighted by atomic mass is 32.2. The molecule has 21 heavy (non-hydrogen) atoms. The Morgan fingerprint density at radius 2 is 2.14 bits per heavy atom. The Morgan fingerprint density at radius 1 is 1.38 bits per heavy atom. The van der Waals surface area contributed by atoms with Gasteiger partial charge in [0.2, 0.25) is 0 Å². The van der Waals surface area contributed by atoms with Gasteiger partial charge in [0.1, 0.15) is 5.69 Å². The van der Waals surface area contributed by atoms with Gasteiger partial charge in [0.05, 0.1) is 11.9 Å². The number of halogens is 2. The lowest BCUT2D eigenvalue weighted by Gasteiger charge is -2.07. The van der Waals surface area contributed by atoms with Gasteiger partial charge < -0.3 is 5.73 Å². The molecule has 2 heterocycles. The van der Waals surface area contributed by atoms with Crippen LogP contribution in [0.1, 0.15) is 24.7 Å². The van der Waals surface area contributed by atoms with Crippen LogP contribution in [0, 0.1) is 6.92 Å². The molecule has 0 amide bonds. The van der Waals surface area contributed by atoms with Crippen LogP contribution in [0.5, 0.6) is 0 Å². The van der Waals surface area contributed by atoms with Crippen LogP contribution in [0.4, 0.5) is 8.78 Å². The van der Waals surface area contributed by atoms with E-state index in [1.807, 2.05) is 13.8 Å². The van der Waals surface area contributed by atoms with Crippen LogP contribution in [-0.4, -0.2) is 32.0 Å². The number of hydrogen-bond acceptors (Lipinski definition) is 5. The molecule has 0 spiro atoms. The number of hydrogen-bond donors (Lipinski definition) is 1. The first-order chi connectivity index (χ1) is 10.1. The lowest BCUT2D eigenvalue weighted by atomic mass is 10.1. The van der Waals surface area contributed by atoms with Crippen molar-refractivity contribution in [3.05, 3.63) is 23.7 Å². The Bertz CT molecular complexity index is 615. The van der Waals surface area contributed by atoms with Crippen LogP contribution in [-0.2, 0) is 6.54 Å². The number of nitrogens with two attached hydrogens (primary N) is 1. The SMILES string of the molecule is CCn1ncc(-c2cc(C(F)F)nc(SCCN)n2)c1C. The van der Waals surface area contributed by atoms with E-state index in [9.17, 15) is 8.78 Å². The van der Waals surface area contributed by atoms with Crippen LogP contribution in [0.15, 0.2) is 17.4 Å². The van der Waals surface area contributed by atoms with Gasteiger partial charge in [-0.1, -0.05) is 11.8 Å². The third-order valence-electron chi connectivity index (χ3n) is 2.98. The zero-order chi connectivity index (χ0) is 15.4. The van der Waals surface area contributed by atoms with Gasteiger partial charge in [-0.3, -0.25) is 4.68 Å². The zero-order valence-electron chi connectivity index (χ0n) is 11.9. The van der Waals surface area contributed by atoms with E-state index in [2.05, 4.69) is 15.1 Å². The van der Waals surface area contributed by atoms with Crippen LogP contribution in [0.2, 0.25) is 0 Å². The lowest BCUT2D eigenvalue weighted by Crippen LogP contribution is -2.04. The molecule has 5 nitrogen and oxygen atoms in total. The molecule has 2 aromatic heterocycles. The molecular formula is C13H17F2N5S. The van der Waals surface area contributed by atoms with E-state index < -0.39 is 6.43 Å². The quantitative estimate of drug-likeness (QED) is 0.656. The first-order valence-electron chi connectivity index (χ1n) is 6.59. The first kappa shape index (κ1) is 15.8. The average molecular weight is 313 g/mol. The standard InChI is InChI=1S/C13H17F2N5S/c1-3-20-8(2)9(7-17-20)10-6-11(12(14)15)19-13(18-10)21-5-4-16/h6-7,12H,3-5,16H2,1-2H3. The predicted octanol–water partition coefficient (Wildman–Crippen LogP) is 2.66. The average Bonchev–Trinajstić information content (AvgIpc) is 2.85. The minimum atomic E-state index is -2.63. The lowest BCUT2D eigenvalue weighted by molar-refractivity contribution is 0.145. The van der Waals surface area contributed by atoms with Crippen molar-refractivity contribution in [1.82, 2.24) is 19.7 Å². The van der Waals surface area contributed by atoms with Gasteiger partial charge in [-0.15, -0.1) is 0 Å². The second kappa shape index (κ2) is 6.95. The van der Waals surface area contributed by atoms with Crippen molar-refractivity contribution in [2.24, 2.45) is 5.73 Å². The van der Waals surface area contributed by atoms with E-state index in [-0.39, 0.29) is 5.69 Å². The molecule has 0 bridgehead atoms. The van der Waals surface area contributed by atoms with Crippen molar-refractivity contribution in [3.8, 4) is 11.3 Å². The second-order valence-corrected chi connectivity index (χ2v) is 5.42. The van der Waals surface area contributed by atoms with Crippen molar-refractivity contribution in [1.29, 1.82) is 0 Å². The molecule has 0 aliphatic heterocycles. The number of nitrogens with zero attached hydrogens (tertiary/aromatic N) is 4. The van der Waals surface area contributed by atoms with Gasteiger partial charge in [-0.2, -0.15) is 5.10 Å². The Labute approximate surface area is 126 Å². The van der Waals surface area contributed by atoms with E-state index in [0.29, 0.717) is 29.7 Å². The molecule has 0 unspecified atom stereocenters. The molecule has 8 heteroatoms. The third-order valence-corrected chi connectivity index (χ3v) is 3.86. The maximum atomic E-state index is 13.0. The molecule has 0 fully saturated rings. The number of aryl methyl sites for hydroxylation is 1. The topological polar surface area (TPSA) is 69.6 Å². The summed E-state index contributed by atoms with van der Waals surface area (Å²) in [4.78, 5) is 8.21. The smallest absolute Gasteiger partial charge is 0.280 e. The highest BCUT2D eigenvalue weighted by molar-refractivity contribution is 7.99. The summed E-state index contributed by atoms with van der Waals surface area (Å²) in [6.45, 7) is 5.02. The summed E-state index contributed by atoms with van der Waals surface area (Å²) in [5, 5.41) is 4.54. The molecular weight excluding hydrogens is 296 g/mol. The highest BCUT2D eigenvalue weighted by Crippen LogP contribution is 2.27. The molecule has 0 saturated carbocycles. The normalized spacial score (nSPS) is 11.3. The monoisotopic (exact) mass is 313 g/mol. The van der Waals surface area contributed by atoms with Gasteiger partial charge in [-0.05, 0) is 19.9 Å². The van der Waals surface area contributed by atoms with E-state index in [0.717, 1.165) is 11.3 Å². The van der Waals surface area contributed by atoms with Gasteiger partial charge in [-0.25, -0.2) is 18.7 Å². The molecule has 2 rings (SSSR count). The van der Waals surface area contributed by atoms with Crippen molar-refractivity contribution < 1.29 is 8.78 Å². The zero-order valence-corrected chi connectivity index (χ0v) is 12.7. The van der Waals surface area contributed by atoms with Gasteiger partial charge in [0.25, 0.3) is 6.43 Å². The van der Waals surface area contributed by atoms with Crippen LogP contribution in [0.3, 0.4) is 0 Å². The fourth-order valence-electron chi connectivity index (χ4n) is 1.92. The maximum absolute atomic E-state index is 13.0. The van der Waals surface area contributed by atoms with Crippen molar-refractivity contribution in [2.45, 2.75) is 32.0 Å². The number of thioether (sulfide) groups is 1. The molecule has 0 aromatic carbocycles. The highest BCUT2D eigenvalue weighted by Gasteiger charge is 2.17. The molecule has 2 N–H and O–H groups in total. The van der Waals surface area contributed by atoms with Gasteiger partial charge >= 0.3 is 0 Å². The van der Waals surface area contributed by atoms with Crippen LogP contribution >= 0.6 is 11.8 Å². The molecule has 2 aromatic rings. The molecule has 0 aliphatic rings. The molecule has 0 radical (unpaired) electrons. The van der Waals surface area contributed by atoms with E-state index in [4.69, 9.17) is 5.73 Å². The molecule has 0 atom stereocenters. The third kappa shape index (κ3) is 3.56. The van der Waals surface area contributed by atoms with Crippen LogP contribution < -0.4 is 5.73 Å². The molecule has 0 aliphatic carbocycles. The number of aromatic nitrogens is 4. The summed E-state index contributed by atoms with van der Waals surface area (Å²) in [6, 6.07) is 1.32. The summed E-state index contributed by atoms with van der Waals surface area (Å²) < 4.78 is 27.8. The summed E-state index contributed by atoms with van der Waals surface area (Å²) in [5.74, 6) is 0.583. The summed E-state index contributed by atoms with van der Waals surface area (Å²) in [7, 11) is 0. The Kier molecular flexibility index (Phi) is 5.24. The fourth-order valence-corrected chi connectivity index (χ4v) is 2.56. The van der Waals surface area contributed by atoms with Gasteiger partial charge in [0, 0.05) is 30.1 Å². The Morgan fingerprint density at radius 3 is 2.71 bits per heavy atom. The Hall–Kier alpha value is -1.54. The summed E-state index contributed by atoms with van der Waals surface area (Å²) >= 11 is 1.27. The van der Waals surface area contributed by atoms with Crippen molar-refractivity contribution in [3.63, 3.8) is 0 Å². The maximum Gasteiger partial charge on any atom is 0.280 e. The predicted molar refractivity (Wildman–Crippen MR) is 78.4 cm³/mol. The second-order valence-electron chi connectivity index (χ2n) is 4.36. The Balaban J connectivity index is 2.45. The fraction of sp³-hybridized carbons (Fsp3) is 0.462. The molecule has 114 valence electrons. The van der Waals surface area contributed by atoms with E-state index in [1.165, 1.54) is 17.8 Å². The summed E-state index contributed by atoms with van der Waals surface area (Å²) in [5.41, 5.74) is 7.27. The van der Waals surface area contributed by atoms with Crippen molar-refractivity contribution in [2.75, 3.05) is 12.3 Å². The number of alkyl halides is 2. The van der Waals surface area contributed by atoms with Crippen molar-refractivity contribution >= 4 is 11.8 Å². The van der Waals surface area contributed by atoms with Crippen LogP contribution in [0.25, 0.3) is 11.3 Å². The summed E-state index contributed by atoms with van der Waals surface area (Å²) in [6.07, 6.45) is -0.987. The molecule has 0 saturated heterocycles. The van der Waals surface area contributed by atoms with Gasteiger partial charge in [0.15, 0.2) is 5.16 Å². The van der Waals surface area contributed by atoms with E-state index >= 15 is 0 Å². The van der Waals surface area contributed by atoms with E-state index in [1.54, 1.807) is 10.9 Å². The largest absolute Gasteiger partial charge is 0.330 e. The first-order valence-corrected chi connectivity index (χ1v) is 7.58. The number of rotatable bonds is 6. The minimum Gasteiger partial charge on any atom is -0.330 e. The minimum absolute atomic E-state index is 0.275.